The standard InChI is InChI=1S/C4H10O3S.C3H5NO.K/c1-4(2)3-8(5,6)7;1-2-3(4)5;/h4H,3H2,1-2H3,(H,5,6,7);2H,1H2,(H2,4,5);/q;;+1/p-1. The van der Waals surface area contributed by atoms with E-state index < -0.39 is 16.0 Å². The molecule has 0 heterocycles. The van der Waals surface area contributed by atoms with E-state index in [1.54, 1.807) is 13.8 Å². The molecule has 14 heavy (non-hydrogen) atoms. The van der Waals surface area contributed by atoms with Gasteiger partial charge in [-0.2, -0.15) is 0 Å². The van der Waals surface area contributed by atoms with Crippen molar-refractivity contribution in [3.05, 3.63) is 12.7 Å². The Kier molecular flexibility index (Phi) is 14.8. The van der Waals surface area contributed by atoms with Gasteiger partial charge in [0, 0.05) is 5.75 Å². The summed E-state index contributed by atoms with van der Waals surface area (Å²) < 4.78 is 29.7. The van der Waals surface area contributed by atoms with Crippen molar-refractivity contribution < 1.29 is 69.1 Å². The molecule has 0 radical (unpaired) electrons. The van der Waals surface area contributed by atoms with E-state index in [9.17, 15) is 17.8 Å². The molecule has 0 aromatic rings. The number of amides is 1. The molecule has 0 saturated heterocycles. The first-order valence-corrected chi connectivity index (χ1v) is 5.12. The van der Waals surface area contributed by atoms with Crippen molar-refractivity contribution >= 4 is 16.0 Å². The third-order valence-electron chi connectivity index (χ3n) is 0.739. The van der Waals surface area contributed by atoms with Crippen LogP contribution in [0, 0.1) is 5.92 Å². The topological polar surface area (TPSA) is 100 Å². The first-order chi connectivity index (χ1) is 5.69. The minimum absolute atomic E-state index is 0. The van der Waals surface area contributed by atoms with Crippen LogP contribution in [0.4, 0.5) is 0 Å². The van der Waals surface area contributed by atoms with Gasteiger partial charge in [-0.3, -0.25) is 4.79 Å². The fraction of sp³-hybridized carbons (Fsp3) is 0.571. The maximum absolute atomic E-state index is 9.89. The molecule has 0 fully saturated rings. The van der Waals surface area contributed by atoms with Gasteiger partial charge in [0.1, 0.15) is 0 Å². The predicted octanol–water partition coefficient (Wildman–Crippen LogP) is -3.15. The third-order valence-corrected chi connectivity index (χ3v) is 1.81. The van der Waals surface area contributed by atoms with Crippen LogP contribution in [0.3, 0.4) is 0 Å². The van der Waals surface area contributed by atoms with Gasteiger partial charge in [-0.05, 0) is 12.0 Å². The molecule has 0 bridgehead atoms. The van der Waals surface area contributed by atoms with Crippen molar-refractivity contribution in [3.63, 3.8) is 0 Å². The Hall–Kier alpha value is 0.756. The Bertz CT molecular complexity index is 261. The second-order valence-corrected chi connectivity index (χ2v) is 4.17. The van der Waals surface area contributed by atoms with Crippen molar-refractivity contribution in [1.82, 2.24) is 0 Å². The van der Waals surface area contributed by atoms with Crippen LogP contribution >= 0.6 is 0 Å². The van der Waals surface area contributed by atoms with Crippen molar-refractivity contribution in [2.45, 2.75) is 13.8 Å². The van der Waals surface area contributed by atoms with Crippen LogP contribution in [-0.2, 0) is 14.9 Å². The van der Waals surface area contributed by atoms with Crippen LogP contribution in [0.15, 0.2) is 12.7 Å². The Morgan fingerprint density at radius 2 is 1.86 bits per heavy atom. The van der Waals surface area contributed by atoms with Crippen LogP contribution < -0.4 is 57.1 Å². The van der Waals surface area contributed by atoms with Gasteiger partial charge >= 0.3 is 51.4 Å². The number of carbonyl (C=O) groups excluding carboxylic acids is 1. The first kappa shape index (κ1) is 20.2. The molecule has 0 saturated carbocycles. The number of carbonyl (C=O) groups is 1. The quantitative estimate of drug-likeness (QED) is 0.323. The molecule has 0 aliphatic rings. The van der Waals surface area contributed by atoms with Gasteiger partial charge in [-0.15, -0.1) is 0 Å². The van der Waals surface area contributed by atoms with Crippen molar-refractivity contribution in [3.8, 4) is 0 Å². The summed E-state index contributed by atoms with van der Waals surface area (Å²) in [7, 11) is -3.97. The molecule has 0 aliphatic heterocycles. The molecule has 2 N–H and O–H groups in total. The Morgan fingerprint density at radius 3 is 1.86 bits per heavy atom. The molecule has 0 rings (SSSR count). The predicted molar refractivity (Wildman–Crippen MR) is 48.8 cm³/mol. The van der Waals surface area contributed by atoms with E-state index in [0.29, 0.717) is 0 Å². The zero-order valence-corrected chi connectivity index (χ0v) is 12.6. The van der Waals surface area contributed by atoms with Crippen LogP contribution in [0.5, 0.6) is 0 Å². The summed E-state index contributed by atoms with van der Waals surface area (Å²) in [6.07, 6.45) is 1.06. The van der Waals surface area contributed by atoms with E-state index in [1.807, 2.05) is 0 Å². The summed E-state index contributed by atoms with van der Waals surface area (Å²) in [6, 6.07) is 0. The third kappa shape index (κ3) is 29.3. The minimum atomic E-state index is -3.97. The van der Waals surface area contributed by atoms with Gasteiger partial charge in [0.2, 0.25) is 5.91 Å². The Morgan fingerprint density at radius 1 is 1.57 bits per heavy atom. The monoisotopic (exact) mass is 247 g/mol. The second kappa shape index (κ2) is 10.3. The molecular formula is C7H14KNO4S. The zero-order chi connectivity index (χ0) is 11.1. The normalized spacial score (nSPS) is 9.43. The molecule has 0 unspecified atom stereocenters. The van der Waals surface area contributed by atoms with Gasteiger partial charge in [0.25, 0.3) is 0 Å². The molecule has 7 heteroatoms. The summed E-state index contributed by atoms with van der Waals surface area (Å²) >= 11 is 0. The first-order valence-electron chi connectivity index (χ1n) is 3.54. The van der Waals surface area contributed by atoms with Gasteiger partial charge < -0.3 is 10.3 Å². The summed E-state index contributed by atoms with van der Waals surface area (Å²) in [5, 5.41) is 0. The summed E-state index contributed by atoms with van der Waals surface area (Å²) in [5.41, 5.74) is 4.53. The van der Waals surface area contributed by atoms with Crippen molar-refractivity contribution in [1.29, 1.82) is 0 Å². The fourth-order valence-electron chi connectivity index (χ4n) is 0.408. The number of primary amides is 1. The van der Waals surface area contributed by atoms with Gasteiger partial charge in [-0.25, -0.2) is 8.42 Å². The largest absolute Gasteiger partial charge is 1.00 e. The fourth-order valence-corrected chi connectivity index (χ4v) is 1.22. The number of rotatable bonds is 3. The number of nitrogens with two attached hydrogens (primary N) is 1. The SMILES string of the molecule is C=CC(N)=O.CC(C)CS(=O)(=O)[O-].[K+]. The van der Waals surface area contributed by atoms with Gasteiger partial charge in [0.15, 0.2) is 0 Å². The van der Waals surface area contributed by atoms with Crippen LogP contribution in [0.1, 0.15) is 13.8 Å². The van der Waals surface area contributed by atoms with E-state index in [0.717, 1.165) is 6.08 Å². The summed E-state index contributed by atoms with van der Waals surface area (Å²) in [5.74, 6) is -0.796. The molecule has 0 aliphatic carbocycles. The summed E-state index contributed by atoms with van der Waals surface area (Å²) in [4.78, 5) is 9.47. The number of hydrogen-bond acceptors (Lipinski definition) is 4. The van der Waals surface area contributed by atoms with Crippen molar-refractivity contribution in [2.24, 2.45) is 11.7 Å². The average molecular weight is 247 g/mol. The second-order valence-electron chi connectivity index (χ2n) is 2.72. The number of hydrogen-bond donors (Lipinski definition) is 1. The van der Waals surface area contributed by atoms with E-state index in [-0.39, 0.29) is 63.1 Å². The molecule has 78 valence electrons. The molecule has 0 aromatic heterocycles. The molecule has 0 spiro atoms. The van der Waals surface area contributed by atoms with E-state index >= 15 is 0 Å². The van der Waals surface area contributed by atoms with Gasteiger partial charge in [-0.1, -0.05) is 20.4 Å². The minimum Gasteiger partial charge on any atom is -0.748 e. The zero-order valence-electron chi connectivity index (χ0n) is 8.69. The molecule has 5 nitrogen and oxygen atoms in total. The Labute approximate surface area is 127 Å². The van der Waals surface area contributed by atoms with Crippen LogP contribution in [0.2, 0.25) is 0 Å². The average Bonchev–Trinajstić information content (AvgIpc) is 1.83. The van der Waals surface area contributed by atoms with Crippen LogP contribution in [0.25, 0.3) is 0 Å². The molecule has 0 atom stereocenters. The Balaban J connectivity index is -0.000000177. The smallest absolute Gasteiger partial charge is 0.748 e. The van der Waals surface area contributed by atoms with Crippen molar-refractivity contribution in [2.75, 3.05) is 5.75 Å². The van der Waals surface area contributed by atoms with E-state index in [2.05, 4.69) is 12.3 Å². The maximum atomic E-state index is 9.89. The van der Waals surface area contributed by atoms with Crippen LogP contribution in [-0.4, -0.2) is 24.6 Å². The maximum Gasteiger partial charge on any atom is 1.00 e. The van der Waals surface area contributed by atoms with Gasteiger partial charge in [0.05, 0.1) is 10.1 Å². The van der Waals surface area contributed by atoms with E-state index in [1.165, 1.54) is 0 Å². The van der Waals surface area contributed by atoms with E-state index in [4.69, 9.17) is 0 Å². The molecular weight excluding hydrogens is 233 g/mol. The molecule has 1 amide bonds. The molecule has 0 aromatic carbocycles. The summed E-state index contributed by atoms with van der Waals surface area (Å²) in [6.45, 7) is 6.47.